The molecule has 0 radical (unpaired) electrons. The number of methoxy groups -OCH3 is 1. The average molecular weight is 357 g/mol. The van der Waals surface area contributed by atoms with Gasteiger partial charge in [-0.25, -0.2) is 4.98 Å². The lowest BCUT2D eigenvalue weighted by Crippen LogP contribution is -2.36. The van der Waals surface area contributed by atoms with Gasteiger partial charge in [-0.15, -0.1) is 0 Å². The van der Waals surface area contributed by atoms with Gasteiger partial charge in [-0.1, -0.05) is 0 Å². The second-order valence-electron chi connectivity index (χ2n) is 5.78. The molecule has 138 valence electrons. The monoisotopic (exact) mass is 357 g/mol. The van der Waals surface area contributed by atoms with Crippen molar-refractivity contribution in [1.29, 1.82) is 0 Å². The van der Waals surface area contributed by atoms with Gasteiger partial charge in [0.1, 0.15) is 23.9 Å². The number of benzene rings is 1. The van der Waals surface area contributed by atoms with Crippen LogP contribution in [-0.4, -0.2) is 57.5 Å². The van der Waals surface area contributed by atoms with Gasteiger partial charge >= 0.3 is 0 Å². The summed E-state index contributed by atoms with van der Waals surface area (Å²) in [6.07, 6.45) is 1.60. The Hall–Kier alpha value is -2.80. The van der Waals surface area contributed by atoms with Crippen LogP contribution < -0.4 is 19.7 Å². The maximum atomic E-state index is 12.2. The highest BCUT2D eigenvalue weighted by atomic mass is 16.5. The molecule has 1 aliphatic heterocycles. The molecule has 2 aromatic rings. The summed E-state index contributed by atoms with van der Waals surface area (Å²) in [5.74, 6) is 2.22. The van der Waals surface area contributed by atoms with Crippen LogP contribution in [0.25, 0.3) is 0 Å². The number of ether oxygens (including phenoxy) is 3. The van der Waals surface area contributed by atoms with E-state index in [0.717, 1.165) is 30.4 Å². The molecule has 1 aromatic heterocycles. The molecule has 0 atom stereocenters. The van der Waals surface area contributed by atoms with Gasteiger partial charge < -0.3 is 24.4 Å². The largest absolute Gasteiger partial charge is 0.497 e. The van der Waals surface area contributed by atoms with Crippen molar-refractivity contribution in [3.63, 3.8) is 0 Å². The Morgan fingerprint density at radius 3 is 2.54 bits per heavy atom. The Kier molecular flexibility index (Phi) is 6.27. The number of hydrogen-bond acceptors (Lipinski definition) is 6. The number of morpholine rings is 1. The predicted octanol–water partition coefficient (Wildman–Crippen LogP) is 1.74. The van der Waals surface area contributed by atoms with Gasteiger partial charge in [-0.05, 0) is 36.4 Å². The number of anilines is 1. The topological polar surface area (TPSA) is 72.9 Å². The summed E-state index contributed by atoms with van der Waals surface area (Å²) >= 11 is 0. The number of carbonyl (C=O) groups is 1. The van der Waals surface area contributed by atoms with E-state index < -0.39 is 0 Å². The molecular weight excluding hydrogens is 334 g/mol. The van der Waals surface area contributed by atoms with Crippen LogP contribution in [0, 0.1) is 0 Å². The van der Waals surface area contributed by atoms with E-state index >= 15 is 0 Å². The van der Waals surface area contributed by atoms with E-state index in [9.17, 15) is 4.79 Å². The summed E-state index contributed by atoms with van der Waals surface area (Å²) < 4.78 is 16.0. The fourth-order valence-corrected chi connectivity index (χ4v) is 2.61. The van der Waals surface area contributed by atoms with Gasteiger partial charge in [0.2, 0.25) is 0 Å². The quantitative estimate of drug-likeness (QED) is 0.761. The molecule has 7 heteroatoms. The highest BCUT2D eigenvalue weighted by Gasteiger charge is 2.13. The maximum absolute atomic E-state index is 12.2. The molecule has 3 rings (SSSR count). The molecule has 1 N–H and O–H groups in total. The van der Waals surface area contributed by atoms with Gasteiger partial charge in [-0.3, -0.25) is 4.79 Å². The lowest BCUT2D eigenvalue weighted by Gasteiger charge is -2.27. The molecule has 1 saturated heterocycles. The number of nitrogens with zero attached hydrogens (tertiary/aromatic N) is 2. The Balaban J connectivity index is 1.42. The lowest BCUT2D eigenvalue weighted by atomic mass is 10.2. The molecule has 0 bridgehead atoms. The van der Waals surface area contributed by atoms with E-state index in [1.807, 2.05) is 30.3 Å². The summed E-state index contributed by atoms with van der Waals surface area (Å²) in [7, 11) is 1.62. The predicted molar refractivity (Wildman–Crippen MR) is 98.1 cm³/mol. The number of rotatable bonds is 7. The molecule has 0 saturated carbocycles. The van der Waals surface area contributed by atoms with Gasteiger partial charge in [0, 0.05) is 19.3 Å². The average Bonchev–Trinajstić information content (AvgIpc) is 2.72. The second-order valence-corrected chi connectivity index (χ2v) is 5.78. The molecule has 1 fully saturated rings. The lowest BCUT2D eigenvalue weighted by molar-refractivity contribution is 0.0946. The number of hydrogen-bond donors (Lipinski definition) is 1. The molecule has 0 unspecified atom stereocenters. The van der Waals surface area contributed by atoms with Crippen LogP contribution in [0.4, 0.5) is 5.82 Å². The number of amides is 1. The van der Waals surface area contributed by atoms with E-state index in [0.29, 0.717) is 31.9 Å². The minimum absolute atomic E-state index is 0.163. The Labute approximate surface area is 152 Å². The van der Waals surface area contributed by atoms with Crippen molar-refractivity contribution in [2.45, 2.75) is 0 Å². The van der Waals surface area contributed by atoms with Crippen molar-refractivity contribution in [2.24, 2.45) is 0 Å². The zero-order valence-corrected chi connectivity index (χ0v) is 14.8. The Morgan fingerprint density at radius 1 is 1.15 bits per heavy atom. The molecule has 1 aliphatic rings. The van der Waals surface area contributed by atoms with Crippen LogP contribution >= 0.6 is 0 Å². The molecule has 1 aromatic carbocycles. The molecular formula is C19H23N3O4. The smallest absolute Gasteiger partial charge is 0.252 e. The van der Waals surface area contributed by atoms with Crippen molar-refractivity contribution >= 4 is 11.7 Å². The Bertz CT molecular complexity index is 698. The summed E-state index contributed by atoms with van der Waals surface area (Å²) in [5.41, 5.74) is 0.534. The first-order chi connectivity index (χ1) is 12.8. The van der Waals surface area contributed by atoms with Crippen molar-refractivity contribution in [3.8, 4) is 11.5 Å². The number of carbonyl (C=O) groups excluding carboxylic acids is 1. The van der Waals surface area contributed by atoms with Gasteiger partial charge in [0.15, 0.2) is 0 Å². The van der Waals surface area contributed by atoms with Gasteiger partial charge in [-0.2, -0.15) is 0 Å². The van der Waals surface area contributed by atoms with E-state index in [2.05, 4.69) is 15.2 Å². The third kappa shape index (κ3) is 4.86. The minimum Gasteiger partial charge on any atom is -0.497 e. The zero-order chi connectivity index (χ0) is 18.2. The van der Waals surface area contributed by atoms with Crippen LogP contribution in [0.3, 0.4) is 0 Å². The fraction of sp³-hybridized carbons (Fsp3) is 0.368. The van der Waals surface area contributed by atoms with Crippen LogP contribution in [0.5, 0.6) is 11.5 Å². The third-order valence-electron chi connectivity index (χ3n) is 4.06. The van der Waals surface area contributed by atoms with Crippen molar-refractivity contribution in [3.05, 3.63) is 48.2 Å². The number of aromatic nitrogens is 1. The highest BCUT2D eigenvalue weighted by molar-refractivity contribution is 5.94. The van der Waals surface area contributed by atoms with Crippen LogP contribution in [0.2, 0.25) is 0 Å². The summed E-state index contributed by atoms with van der Waals surface area (Å²) in [6.45, 7) is 3.85. The molecule has 1 amide bonds. The van der Waals surface area contributed by atoms with Crippen molar-refractivity contribution < 1.29 is 19.0 Å². The van der Waals surface area contributed by atoms with E-state index in [-0.39, 0.29) is 5.91 Å². The zero-order valence-electron chi connectivity index (χ0n) is 14.8. The summed E-state index contributed by atoms with van der Waals surface area (Å²) in [4.78, 5) is 18.7. The summed E-state index contributed by atoms with van der Waals surface area (Å²) in [5, 5.41) is 2.83. The maximum Gasteiger partial charge on any atom is 0.252 e. The van der Waals surface area contributed by atoms with E-state index in [4.69, 9.17) is 14.2 Å². The van der Waals surface area contributed by atoms with Gasteiger partial charge in [0.05, 0.1) is 32.4 Å². The molecule has 2 heterocycles. The normalized spacial score (nSPS) is 14.0. The minimum atomic E-state index is -0.163. The first-order valence-electron chi connectivity index (χ1n) is 8.60. The summed E-state index contributed by atoms with van der Waals surface area (Å²) in [6, 6.07) is 11.0. The fourth-order valence-electron chi connectivity index (χ4n) is 2.61. The standard InChI is InChI=1S/C19H23N3O4/c1-24-16-3-5-17(6-4-16)26-11-8-20-19(23)15-2-7-18(21-14-15)22-9-12-25-13-10-22/h2-7,14H,8-13H2,1H3,(H,20,23). The molecule has 0 spiro atoms. The number of pyridine rings is 1. The van der Waals surface area contributed by atoms with Crippen LogP contribution in [0.1, 0.15) is 10.4 Å². The molecule has 26 heavy (non-hydrogen) atoms. The van der Waals surface area contributed by atoms with Gasteiger partial charge in [0.25, 0.3) is 5.91 Å². The van der Waals surface area contributed by atoms with E-state index in [1.54, 1.807) is 19.4 Å². The first kappa shape index (κ1) is 18.0. The highest BCUT2D eigenvalue weighted by Crippen LogP contribution is 2.16. The first-order valence-corrected chi connectivity index (χ1v) is 8.60. The Morgan fingerprint density at radius 2 is 1.88 bits per heavy atom. The van der Waals surface area contributed by atoms with E-state index in [1.165, 1.54) is 0 Å². The van der Waals surface area contributed by atoms with Crippen LogP contribution in [-0.2, 0) is 4.74 Å². The number of nitrogens with one attached hydrogen (secondary N) is 1. The van der Waals surface area contributed by atoms with Crippen LogP contribution in [0.15, 0.2) is 42.6 Å². The van der Waals surface area contributed by atoms with Crippen molar-refractivity contribution in [1.82, 2.24) is 10.3 Å². The van der Waals surface area contributed by atoms with Crippen molar-refractivity contribution in [2.75, 3.05) is 51.5 Å². The third-order valence-corrected chi connectivity index (χ3v) is 4.06. The molecule has 7 nitrogen and oxygen atoms in total. The molecule has 0 aliphatic carbocycles. The second kappa shape index (κ2) is 9.05. The SMILES string of the molecule is COc1ccc(OCCNC(=O)c2ccc(N3CCOCC3)nc2)cc1.